The van der Waals surface area contributed by atoms with E-state index in [9.17, 15) is 4.79 Å². The fourth-order valence-corrected chi connectivity index (χ4v) is 3.62. The highest BCUT2D eigenvalue weighted by atomic mass is 16.6. The first-order valence-electron chi connectivity index (χ1n) is 8.68. The number of fused-ring (bicyclic) bond motifs is 1. The van der Waals surface area contributed by atoms with E-state index in [1.807, 2.05) is 27.8 Å². The fraction of sp³-hybridized carbons (Fsp3) is 0.941. The lowest BCUT2D eigenvalue weighted by atomic mass is 10.1. The van der Waals surface area contributed by atoms with Gasteiger partial charge in [-0.25, -0.2) is 4.79 Å². The summed E-state index contributed by atoms with van der Waals surface area (Å²) in [5.41, 5.74) is -0.428. The predicted octanol–water partition coefficient (Wildman–Crippen LogP) is 2.32. The predicted molar refractivity (Wildman–Crippen MR) is 89.0 cm³/mol. The lowest BCUT2D eigenvalue weighted by molar-refractivity contribution is 0.0276. The van der Waals surface area contributed by atoms with Crippen LogP contribution < -0.4 is 5.32 Å². The highest BCUT2D eigenvalue weighted by Crippen LogP contribution is 2.27. The van der Waals surface area contributed by atoms with E-state index in [1.165, 1.54) is 32.4 Å². The molecule has 2 aliphatic heterocycles. The third-order valence-corrected chi connectivity index (χ3v) is 4.63. The van der Waals surface area contributed by atoms with Crippen LogP contribution in [0.5, 0.6) is 0 Å². The quantitative estimate of drug-likeness (QED) is 0.846. The first-order valence-corrected chi connectivity index (χ1v) is 8.68. The number of hydrogen-bond donors (Lipinski definition) is 1. The maximum atomic E-state index is 12.0. The maximum Gasteiger partial charge on any atom is 0.410 e. The van der Waals surface area contributed by atoms with E-state index in [-0.39, 0.29) is 6.09 Å². The number of ether oxygens (including phenoxy) is 1. The van der Waals surface area contributed by atoms with Crippen molar-refractivity contribution in [1.29, 1.82) is 0 Å². The molecule has 128 valence electrons. The van der Waals surface area contributed by atoms with Crippen LogP contribution in [0.15, 0.2) is 0 Å². The van der Waals surface area contributed by atoms with Crippen molar-refractivity contribution in [1.82, 2.24) is 15.1 Å². The number of carbonyl (C=O) groups is 1. The van der Waals surface area contributed by atoms with Gasteiger partial charge in [0.2, 0.25) is 0 Å². The summed E-state index contributed by atoms with van der Waals surface area (Å²) in [5, 5.41) is 3.72. The molecule has 0 saturated carbocycles. The Kier molecular flexibility index (Phi) is 5.72. The van der Waals surface area contributed by atoms with Gasteiger partial charge in [-0.15, -0.1) is 0 Å². The molecule has 0 aromatic rings. The second kappa shape index (κ2) is 7.18. The van der Waals surface area contributed by atoms with Crippen LogP contribution in [0.25, 0.3) is 0 Å². The largest absolute Gasteiger partial charge is 0.444 e. The van der Waals surface area contributed by atoms with Crippen molar-refractivity contribution in [3.05, 3.63) is 0 Å². The number of nitrogens with zero attached hydrogens (tertiary/aromatic N) is 2. The molecule has 3 atom stereocenters. The van der Waals surface area contributed by atoms with Gasteiger partial charge >= 0.3 is 6.09 Å². The number of amides is 1. The van der Waals surface area contributed by atoms with E-state index in [0.29, 0.717) is 12.0 Å². The lowest BCUT2D eigenvalue weighted by Gasteiger charge is -2.28. The molecule has 0 bridgehead atoms. The zero-order valence-electron chi connectivity index (χ0n) is 14.9. The molecule has 1 N–H and O–H groups in total. The molecule has 22 heavy (non-hydrogen) atoms. The minimum Gasteiger partial charge on any atom is -0.444 e. The molecule has 0 radical (unpaired) electrons. The summed E-state index contributed by atoms with van der Waals surface area (Å²) in [5.74, 6) is 0.424. The molecule has 5 nitrogen and oxygen atoms in total. The van der Waals surface area contributed by atoms with Gasteiger partial charge in [0.05, 0.1) is 0 Å². The summed E-state index contributed by atoms with van der Waals surface area (Å²) in [7, 11) is 1.82. The monoisotopic (exact) mass is 311 g/mol. The van der Waals surface area contributed by atoms with Crippen molar-refractivity contribution >= 4 is 6.09 Å². The van der Waals surface area contributed by atoms with Crippen molar-refractivity contribution < 1.29 is 9.53 Å². The van der Waals surface area contributed by atoms with E-state index < -0.39 is 5.60 Å². The average molecular weight is 311 g/mol. The van der Waals surface area contributed by atoms with Gasteiger partial charge in [-0.1, -0.05) is 6.92 Å². The van der Waals surface area contributed by atoms with Gasteiger partial charge in [-0.3, -0.25) is 4.90 Å². The Morgan fingerprint density at radius 1 is 1.36 bits per heavy atom. The van der Waals surface area contributed by atoms with Crippen LogP contribution in [0.3, 0.4) is 0 Å². The second-order valence-electron chi connectivity index (χ2n) is 8.01. The Morgan fingerprint density at radius 2 is 2.09 bits per heavy atom. The van der Waals surface area contributed by atoms with Crippen LogP contribution in [0.1, 0.15) is 47.0 Å². The van der Waals surface area contributed by atoms with E-state index in [0.717, 1.165) is 19.1 Å². The molecule has 2 saturated heterocycles. The summed E-state index contributed by atoms with van der Waals surface area (Å²) in [6, 6.07) is 1.38. The van der Waals surface area contributed by atoms with Gasteiger partial charge in [-0.05, 0) is 59.0 Å². The van der Waals surface area contributed by atoms with Gasteiger partial charge in [0.25, 0.3) is 0 Å². The SMILES string of the molecule is CC(CNC1CCN2CCCC12)CN(C)C(=O)OC(C)(C)C. The molecular weight excluding hydrogens is 278 g/mol. The molecule has 2 aliphatic rings. The number of carbonyl (C=O) groups excluding carboxylic acids is 1. The zero-order chi connectivity index (χ0) is 16.3. The van der Waals surface area contributed by atoms with Crippen LogP contribution >= 0.6 is 0 Å². The highest BCUT2D eigenvalue weighted by Gasteiger charge is 2.36. The van der Waals surface area contributed by atoms with Gasteiger partial charge in [0.15, 0.2) is 0 Å². The van der Waals surface area contributed by atoms with Crippen molar-refractivity contribution in [3.63, 3.8) is 0 Å². The summed E-state index contributed by atoms with van der Waals surface area (Å²) < 4.78 is 5.40. The van der Waals surface area contributed by atoms with Gasteiger partial charge in [0, 0.05) is 32.2 Å². The van der Waals surface area contributed by atoms with E-state index >= 15 is 0 Å². The minimum atomic E-state index is -0.428. The first-order chi connectivity index (χ1) is 10.3. The topological polar surface area (TPSA) is 44.8 Å². The summed E-state index contributed by atoms with van der Waals surface area (Å²) >= 11 is 0. The van der Waals surface area contributed by atoms with Gasteiger partial charge < -0.3 is 15.0 Å². The molecule has 2 heterocycles. The van der Waals surface area contributed by atoms with Crippen LogP contribution in [0.4, 0.5) is 4.79 Å². The Labute approximate surface area is 135 Å². The highest BCUT2D eigenvalue weighted by molar-refractivity contribution is 5.67. The molecule has 5 heteroatoms. The summed E-state index contributed by atoms with van der Waals surface area (Å²) in [6.07, 6.45) is 3.71. The standard InChI is InChI=1S/C17H33N3O2/c1-13(12-19(5)16(21)22-17(2,3)4)11-18-14-8-10-20-9-6-7-15(14)20/h13-15,18H,6-12H2,1-5H3. The number of hydrogen-bond acceptors (Lipinski definition) is 4. The number of nitrogens with one attached hydrogen (secondary N) is 1. The molecule has 0 spiro atoms. The Morgan fingerprint density at radius 3 is 2.77 bits per heavy atom. The van der Waals surface area contributed by atoms with Crippen LogP contribution in [-0.2, 0) is 4.74 Å². The Hall–Kier alpha value is -0.810. The number of rotatable bonds is 5. The molecule has 3 unspecified atom stereocenters. The maximum absolute atomic E-state index is 12.0. The molecular formula is C17H33N3O2. The molecule has 0 aromatic carbocycles. The normalized spacial score (nSPS) is 26.8. The van der Waals surface area contributed by atoms with Crippen molar-refractivity contribution in [2.45, 2.75) is 64.6 Å². The summed E-state index contributed by atoms with van der Waals surface area (Å²) in [4.78, 5) is 16.3. The average Bonchev–Trinajstić information content (AvgIpc) is 2.97. The van der Waals surface area contributed by atoms with Crippen molar-refractivity contribution in [2.24, 2.45) is 5.92 Å². The minimum absolute atomic E-state index is 0.234. The lowest BCUT2D eigenvalue weighted by Crippen LogP contribution is -2.43. The third kappa shape index (κ3) is 4.85. The van der Waals surface area contributed by atoms with Crippen molar-refractivity contribution in [3.8, 4) is 0 Å². The van der Waals surface area contributed by atoms with E-state index in [4.69, 9.17) is 4.74 Å². The second-order valence-corrected chi connectivity index (χ2v) is 8.01. The van der Waals surface area contributed by atoms with Crippen LogP contribution in [0, 0.1) is 5.92 Å². The Balaban J connectivity index is 1.69. The van der Waals surface area contributed by atoms with Gasteiger partial charge in [-0.2, -0.15) is 0 Å². The molecule has 1 amide bonds. The smallest absolute Gasteiger partial charge is 0.410 e. The van der Waals surface area contributed by atoms with Crippen LogP contribution in [-0.4, -0.2) is 66.8 Å². The third-order valence-electron chi connectivity index (χ3n) is 4.63. The van der Waals surface area contributed by atoms with E-state index in [1.54, 1.807) is 4.90 Å². The van der Waals surface area contributed by atoms with Crippen LogP contribution in [0.2, 0.25) is 0 Å². The molecule has 2 fully saturated rings. The fourth-order valence-electron chi connectivity index (χ4n) is 3.62. The summed E-state index contributed by atoms with van der Waals surface area (Å²) in [6.45, 7) is 12.1. The van der Waals surface area contributed by atoms with Crippen molar-refractivity contribution in [2.75, 3.05) is 33.2 Å². The molecule has 2 rings (SSSR count). The zero-order valence-corrected chi connectivity index (χ0v) is 14.9. The Bertz CT molecular complexity index is 381. The molecule has 0 aliphatic carbocycles. The van der Waals surface area contributed by atoms with Gasteiger partial charge in [0.1, 0.15) is 5.60 Å². The molecule has 0 aromatic heterocycles. The first kappa shape index (κ1) is 17.5. The van der Waals surface area contributed by atoms with E-state index in [2.05, 4.69) is 17.1 Å².